The summed E-state index contributed by atoms with van der Waals surface area (Å²) < 4.78 is 1.55. The minimum Gasteiger partial charge on any atom is -0.283 e. The van der Waals surface area contributed by atoms with E-state index in [-0.39, 0.29) is 5.78 Å². The van der Waals surface area contributed by atoms with Crippen molar-refractivity contribution in [2.24, 2.45) is 0 Å². The second-order valence-corrected chi connectivity index (χ2v) is 2.35. The molecule has 3 heterocycles. The van der Waals surface area contributed by atoms with Gasteiger partial charge in [-0.25, -0.2) is 4.98 Å². The molecule has 2 aliphatic rings. The van der Waals surface area contributed by atoms with Gasteiger partial charge in [0.05, 0.1) is 16.1 Å². The van der Waals surface area contributed by atoms with Gasteiger partial charge in [-0.2, -0.15) is 0 Å². The highest BCUT2D eigenvalue weighted by Crippen LogP contribution is 2.19. The van der Waals surface area contributed by atoms with Crippen LogP contribution in [0.25, 0.3) is 0 Å². The van der Waals surface area contributed by atoms with Crippen LogP contribution in [0.5, 0.6) is 0 Å². The van der Waals surface area contributed by atoms with E-state index in [4.69, 9.17) is 0 Å². The first-order valence-corrected chi connectivity index (χ1v) is 2.80. The summed E-state index contributed by atoms with van der Waals surface area (Å²) in [5.74, 6) is 0.543. The molecule has 3 nitrogen and oxygen atoms in total. The van der Waals surface area contributed by atoms with Crippen molar-refractivity contribution in [2.45, 2.75) is 0 Å². The maximum absolute atomic E-state index is 10.6. The molecule has 0 amide bonds. The Morgan fingerprint density at radius 1 is 1.75 bits per heavy atom. The smallest absolute Gasteiger partial charge is 0.249 e. The minimum atomic E-state index is 0.0434. The normalized spacial score (nSPS) is 13.9. The molecule has 0 radical (unpaired) electrons. The molecule has 0 N–H and O–H groups in total. The largest absolute Gasteiger partial charge is 0.283 e. The van der Waals surface area contributed by atoms with E-state index in [0.717, 1.165) is 0 Å². The number of imidazole rings is 1. The van der Waals surface area contributed by atoms with Crippen molar-refractivity contribution in [1.29, 1.82) is 0 Å². The summed E-state index contributed by atoms with van der Waals surface area (Å²) in [6.45, 7) is 0. The first-order valence-electron chi connectivity index (χ1n) is 2.09. The summed E-state index contributed by atoms with van der Waals surface area (Å²) in [6, 6.07) is 0. The predicted octanol–water partition coefficient (Wildman–Crippen LogP) is 0.585. The Bertz CT molecular complexity index is 265. The van der Waals surface area contributed by atoms with Crippen LogP contribution in [0.1, 0.15) is 16.3 Å². The van der Waals surface area contributed by atoms with Crippen LogP contribution < -0.4 is 0 Å². The second kappa shape index (κ2) is 1.02. The van der Waals surface area contributed by atoms with Crippen molar-refractivity contribution in [3.8, 4) is 0 Å². The number of ketones is 1. The SMILES string of the molecule is O=C1c2cn(Br)c1n2. The van der Waals surface area contributed by atoms with Gasteiger partial charge in [0.25, 0.3) is 0 Å². The molecule has 0 atom stereocenters. The second-order valence-electron chi connectivity index (χ2n) is 1.59. The van der Waals surface area contributed by atoms with Crippen LogP contribution in [0.4, 0.5) is 0 Å². The van der Waals surface area contributed by atoms with Gasteiger partial charge in [0.1, 0.15) is 5.69 Å². The van der Waals surface area contributed by atoms with Gasteiger partial charge < -0.3 is 0 Å². The topological polar surface area (TPSA) is 34.9 Å². The van der Waals surface area contributed by atoms with Crippen LogP contribution >= 0.6 is 16.1 Å². The summed E-state index contributed by atoms with van der Waals surface area (Å²) in [5, 5.41) is 0. The highest BCUT2D eigenvalue weighted by molar-refractivity contribution is 9.08. The fourth-order valence-electron chi connectivity index (χ4n) is 0.678. The summed E-state index contributed by atoms with van der Waals surface area (Å²) in [7, 11) is 0. The molecular weight excluding hydrogens is 172 g/mol. The van der Waals surface area contributed by atoms with E-state index in [9.17, 15) is 4.79 Å². The third-order valence-corrected chi connectivity index (χ3v) is 1.64. The molecule has 0 aliphatic carbocycles. The summed E-state index contributed by atoms with van der Waals surface area (Å²) in [4.78, 5) is 14.4. The van der Waals surface area contributed by atoms with Crippen LogP contribution in [0, 0.1) is 0 Å². The number of hydrogen-bond donors (Lipinski definition) is 0. The zero-order valence-corrected chi connectivity index (χ0v) is 5.34. The Morgan fingerprint density at radius 2 is 2.50 bits per heavy atom. The first-order chi connectivity index (χ1) is 3.79. The molecule has 1 aromatic rings. The maximum Gasteiger partial charge on any atom is 0.249 e. The number of fused-ring (bicyclic) bond motifs is 1. The van der Waals surface area contributed by atoms with E-state index in [1.165, 1.54) is 0 Å². The number of nitrogens with zero attached hydrogens (tertiary/aromatic N) is 2. The van der Waals surface area contributed by atoms with Crippen LogP contribution in [0.3, 0.4) is 0 Å². The summed E-state index contributed by atoms with van der Waals surface area (Å²) in [5.41, 5.74) is 0.553. The van der Waals surface area contributed by atoms with Crippen molar-refractivity contribution in [3.63, 3.8) is 0 Å². The maximum atomic E-state index is 10.6. The van der Waals surface area contributed by atoms with Gasteiger partial charge in [0.15, 0.2) is 5.82 Å². The molecule has 2 aliphatic heterocycles. The van der Waals surface area contributed by atoms with Gasteiger partial charge >= 0.3 is 0 Å². The predicted molar refractivity (Wildman–Crippen MR) is 30.0 cm³/mol. The Kier molecular flexibility index (Phi) is 0.545. The monoisotopic (exact) mass is 172 g/mol. The van der Waals surface area contributed by atoms with E-state index >= 15 is 0 Å². The number of halogens is 1. The minimum absolute atomic E-state index is 0.0434. The van der Waals surface area contributed by atoms with Gasteiger partial charge in [-0.15, -0.1) is 0 Å². The van der Waals surface area contributed by atoms with E-state index in [2.05, 4.69) is 21.1 Å². The standard InChI is InChI=1S/C4HBrN2O/c5-7-1-2-3(8)4(7)6-2/h1H. The van der Waals surface area contributed by atoms with Crippen molar-refractivity contribution >= 4 is 21.9 Å². The lowest BCUT2D eigenvalue weighted by molar-refractivity contribution is 0.100. The highest BCUT2D eigenvalue weighted by Gasteiger charge is 2.28. The van der Waals surface area contributed by atoms with Crippen LogP contribution in [-0.2, 0) is 0 Å². The number of carbonyl (C=O) groups excluding carboxylic acids is 1. The molecule has 0 aromatic carbocycles. The Hall–Kier alpha value is -0.640. The fourth-order valence-corrected chi connectivity index (χ4v) is 1.11. The highest BCUT2D eigenvalue weighted by atomic mass is 79.9. The fraction of sp³-hybridized carbons (Fsp3) is 0. The molecule has 0 saturated heterocycles. The van der Waals surface area contributed by atoms with Crippen LogP contribution in [0.15, 0.2) is 6.20 Å². The van der Waals surface area contributed by atoms with E-state index in [0.29, 0.717) is 11.5 Å². The molecule has 0 spiro atoms. The quantitative estimate of drug-likeness (QED) is 0.584. The lowest BCUT2D eigenvalue weighted by Gasteiger charge is -1.96. The number of aromatic nitrogens is 2. The third kappa shape index (κ3) is 0.272. The van der Waals surface area contributed by atoms with E-state index in [1.807, 2.05) is 0 Å². The molecule has 0 fully saturated rings. The van der Waals surface area contributed by atoms with E-state index in [1.54, 1.807) is 9.79 Å². The van der Waals surface area contributed by atoms with Crippen LogP contribution in [-0.4, -0.2) is 14.4 Å². The van der Waals surface area contributed by atoms with Gasteiger partial charge in [-0.05, 0) is 0 Å². The van der Waals surface area contributed by atoms with Gasteiger partial charge in [0, 0.05) is 6.20 Å². The van der Waals surface area contributed by atoms with Gasteiger partial charge in [-0.3, -0.25) is 8.39 Å². The zero-order chi connectivity index (χ0) is 5.72. The van der Waals surface area contributed by atoms with Gasteiger partial charge in [0.2, 0.25) is 5.78 Å². The molecular formula is C4HBrN2O. The lowest BCUT2D eigenvalue weighted by atomic mass is 10.2. The molecule has 4 heteroatoms. The Balaban J connectivity index is 2.82. The number of hydrogen-bond acceptors (Lipinski definition) is 2. The molecule has 2 bridgehead atoms. The Labute approximate surface area is 53.7 Å². The van der Waals surface area contributed by atoms with Crippen LogP contribution in [0.2, 0.25) is 0 Å². The van der Waals surface area contributed by atoms with Crippen molar-refractivity contribution in [1.82, 2.24) is 8.58 Å². The van der Waals surface area contributed by atoms with Crippen molar-refractivity contribution < 1.29 is 4.79 Å². The van der Waals surface area contributed by atoms with Gasteiger partial charge in [-0.1, -0.05) is 0 Å². The molecule has 1 aromatic heterocycles. The van der Waals surface area contributed by atoms with Crippen molar-refractivity contribution in [3.05, 3.63) is 17.7 Å². The van der Waals surface area contributed by atoms with E-state index < -0.39 is 0 Å². The number of rotatable bonds is 0. The zero-order valence-electron chi connectivity index (χ0n) is 3.76. The average molecular weight is 173 g/mol. The molecule has 8 heavy (non-hydrogen) atoms. The first kappa shape index (κ1) is 4.26. The summed E-state index contributed by atoms with van der Waals surface area (Å²) >= 11 is 3.09. The Morgan fingerprint density at radius 3 is 2.62 bits per heavy atom. The molecule has 40 valence electrons. The lowest BCUT2D eigenvalue weighted by Crippen LogP contribution is -2.12. The molecule has 0 saturated carbocycles. The number of carbonyl (C=O) groups is 1. The third-order valence-electron chi connectivity index (χ3n) is 1.10. The molecule has 0 unspecified atom stereocenters. The summed E-state index contributed by atoms with van der Waals surface area (Å²) in [6.07, 6.45) is 1.65. The average Bonchev–Trinajstić information content (AvgIpc) is 2.19. The van der Waals surface area contributed by atoms with Crippen molar-refractivity contribution in [2.75, 3.05) is 0 Å². The molecule has 3 rings (SSSR count).